The second kappa shape index (κ2) is 4.81. The fourth-order valence-corrected chi connectivity index (χ4v) is 1.74. The van der Waals surface area contributed by atoms with Crippen LogP contribution in [0.25, 0.3) is 0 Å². The molecule has 16 heavy (non-hydrogen) atoms. The summed E-state index contributed by atoms with van der Waals surface area (Å²) in [7, 11) is 0. The summed E-state index contributed by atoms with van der Waals surface area (Å²) in [5.41, 5.74) is 0.679. The molecule has 0 aromatic carbocycles. The van der Waals surface area contributed by atoms with E-state index >= 15 is 0 Å². The number of hydrogen-bond donors (Lipinski definition) is 2. The highest BCUT2D eigenvalue weighted by atomic mass is 15.0. The predicted octanol–water partition coefficient (Wildman–Crippen LogP) is 0.341. The zero-order valence-corrected chi connectivity index (χ0v) is 8.98. The largest absolute Gasteiger partial charge is 0.308 e. The average Bonchev–Trinajstić information content (AvgIpc) is 2.26. The van der Waals surface area contributed by atoms with Crippen molar-refractivity contribution in [1.29, 1.82) is 10.7 Å². The minimum absolute atomic E-state index is 0.172. The van der Waals surface area contributed by atoms with Crippen molar-refractivity contribution in [3.63, 3.8) is 0 Å². The molecule has 1 saturated carbocycles. The smallest absolute Gasteiger partial charge is 0.237 e. The number of quaternary nitrogens is 1. The van der Waals surface area contributed by atoms with E-state index in [1.165, 1.54) is 31.7 Å². The molecule has 0 bridgehead atoms. The van der Waals surface area contributed by atoms with Crippen LogP contribution in [0, 0.1) is 22.7 Å². The van der Waals surface area contributed by atoms with Crippen LogP contribution in [0.2, 0.25) is 0 Å². The summed E-state index contributed by atoms with van der Waals surface area (Å²) < 4.78 is 0. The third kappa shape index (κ3) is 2.23. The van der Waals surface area contributed by atoms with Gasteiger partial charge in [0.25, 0.3) is 0 Å². The Bertz CT molecular complexity index is 430. The van der Waals surface area contributed by atoms with Crippen LogP contribution in [-0.2, 0) is 0 Å². The molecule has 0 saturated heterocycles. The number of nitrogens with one attached hydrogen (secondary N) is 1. The van der Waals surface area contributed by atoms with Gasteiger partial charge in [0.2, 0.25) is 11.6 Å². The molecule has 1 heterocycles. The Morgan fingerprint density at radius 1 is 1.62 bits per heavy atom. The summed E-state index contributed by atoms with van der Waals surface area (Å²) in [6, 6.07) is 1.92. The van der Waals surface area contributed by atoms with Crippen molar-refractivity contribution >= 4 is 12.0 Å². The number of hydrogen-bond acceptors (Lipinski definition) is 4. The predicted molar refractivity (Wildman–Crippen MR) is 58.4 cm³/mol. The molecule has 2 rings (SSSR count). The van der Waals surface area contributed by atoms with Crippen LogP contribution in [0.1, 0.15) is 30.7 Å². The lowest BCUT2D eigenvalue weighted by Crippen LogP contribution is -2.81. The fraction of sp³-hybridized carbons (Fsp3) is 0.455. The van der Waals surface area contributed by atoms with E-state index in [2.05, 4.69) is 9.97 Å². The van der Waals surface area contributed by atoms with Crippen LogP contribution < -0.4 is 5.32 Å². The van der Waals surface area contributed by atoms with Gasteiger partial charge in [-0.15, -0.1) is 0 Å². The Morgan fingerprint density at radius 3 is 3.00 bits per heavy atom. The highest BCUT2D eigenvalue weighted by Gasteiger charge is 2.20. The Kier molecular flexibility index (Phi) is 3.22. The number of nitriles is 1. The topological polar surface area (TPSA) is 90.0 Å². The first-order valence-electron chi connectivity index (χ1n) is 5.44. The average molecular weight is 216 g/mol. The standard InChI is InChI=1S/C11H13N5/c12-4-9-7-14-10(5-13)16-11(9)15-6-8-2-1-3-8/h4,7-8,12H,1-3,6H2,(H,14,15,16)/p+1. The highest BCUT2D eigenvalue weighted by molar-refractivity contribution is 5.81. The molecule has 1 aliphatic carbocycles. The number of nitrogens with two attached hydrogens (primary N) is 1. The maximum Gasteiger partial charge on any atom is 0.237 e. The van der Waals surface area contributed by atoms with Gasteiger partial charge in [-0.1, -0.05) is 6.42 Å². The molecule has 0 radical (unpaired) electrons. The van der Waals surface area contributed by atoms with Gasteiger partial charge < -0.3 is 5.41 Å². The molecule has 5 nitrogen and oxygen atoms in total. The van der Waals surface area contributed by atoms with Gasteiger partial charge in [-0.25, -0.2) is 4.98 Å². The van der Waals surface area contributed by atoms with Crippen molar-refractivity contribution < 1.29 is 5.32 Å². The van der Waals surface area contributed by atoms with Crippen LogP contribution in [0.3, 0.4) is 0 Å². The van der Waals surface area contributed by atoms with E-state index in [1.807, 2.05) is 11.4 Å². The van der Waals surface area contributed by atoms with Crippen molar-refractivity contribution in [3.8, 4) is 6.07 Å². The molecule has 5 heteroatoms. The van der Waals surface area contributed by atoms with Crippen molar-refractivity contribution in [2.45, 2.75) is 19.3 Å². The summed E-state index contributed by atoms with van der Waals surface area (Å²) in [6.07, 6.45) is 6.65. The van der Waals surface area contributed by atoms with Gasteiger partial charge in [-0.3, -0.25) is 5.32 Å². The molecule has 1 aliphatic rings. The van der Waals surface area contributed by atoms with Gasteiger partial charge in [-0.05, 0) is 12.8 Å². The third-order valence-electron chi connectivity index (χ3n) is 2.97. The fourth-order valence-electron chi connectivity index (χ4n) is 1.74. The van der Waals surface area contributed by atoms with Gasteiger partial charge in [0.05, 0.1) is 12.1 Å². The normalized spacial score (nSPS) is 15.2. The van der Waals surface area contributed by atoms with Crippen LogP contribution in [0.4, 0.5) is 5.82 Å². The van der Waals surface area contributed by atoms with Crippen molar-refractivity contribution in [2.24, 2.45) is 5.92 Å². The molecular weight excluding hydrogens is 202 g/mol. The summed E-state index contributed by atoms with van der Waals surface area (Å²) in [6.45, 7) is 0.989. The van der Waals surface area contributed by atoms with E-state index in [4.69, 9.17) is 10.7 Å². The molecule has 0 spiro atoms. The van der Waals surface area contributed by atoms with E-state index in [1.54, 1.807) is 0 Å². The lowest BCUT2D eigenvalue weighted by Gasteiger charge is -2.23. The number of nitrogens with zero attached hydrogens (tertiary/aromatic N) is 3. The Labute approximate surface area is 94.0 Å². The summed E-state index contributed by atoms with van der Waals surface area (Å²) in [5.74, 6) is 1.65. The second-order valence-corrected chi connectivity index (χ2v) is 4.03. The minimum atomic E-state index is 0.172. The molecule has 0 unspecified atom stereocenters. The molecule has 82 valence electrons. The first-order chi connectivity index (χ1) is 7.83. The van der Waals surface area contributed by atoms with E-state index in [-0.39, 0.29) is 5.82 Å². The summed E-state index contributed by atoms with van der Waals surface area (Å²) >= 11 is 0. The van der Waals surface area contributed by atoms with Gasteiger partial charge in [-0.2, -0.15) is 10.2 Å². The van der Waals surface area contributed by atoms with E-state index in [0.29, 0.717) is 11.4 Å². The molecule has 1 fully saturated rings. The molecule has 0 aliphatic heterocycles. The Morgan fingerprint density at radius 2 is 2.44 bits per heavy atom. The molecule has 0 atom stereocenters. The molecule has 0 amide bonds. The molecular formula is C11H14N5+. The van der Waals surface area contributed by atoms with Crippen LogP contribution in [0.5, 0.6) is 0 Å². The third-order valence-corrected chi connectivity index (χ3v) is 2.97. The first-order valence-corrected chi connectivity index (χ1v) is 5.44. The zero-order valence-electron chi connectivity index (χ0n) is 8.98. The van der Waals surface area contributed by atoms with Crippen LogP contribution >= 0.6 is 0 Å². The Hall–Kier alpha value is -1.80. The van der Waals surface area contributed by atoms with E-state index in [0.717, 1.165) is 12.5 Å². The maximum absolute atomic E-state index is 8.71. The van der Waals surface area contributed by atoms with Crippen molar-refractivity contribution in [3.05, 3.63) is 17.6 Å². The van der Waals surface area contributed by atoms with Crippen LogP contribution in [0.15, 0.2) is 6.20 Å². The molecule has 1 aromatic heterocycles. The van der Waals surface area contributed by atoms with Gasteiger partial charge >= 0.3 is 0 Å². The zero-order chi connectivity index (χ0) is 11.4. The number of rotatable bonds is 4. The Balaban J connectivity index is 2.09. The van der Waals surface area contributed by atoms with Crippen molar-refractivity contribution in [2.75, 3.05) is 6.54 Å². The lowest BCUT2D eigenvalue weighted by atomic mass is 9.85. The van der Waals surface area contributed by atoms with E-state index < -0.39 is 0 Å². The summed E-state index contributed by atoms with van der Waals surface area (Å²) in [5, 5.41) is 18.0. The van der Waals surface area contributed by atoms with Crippen molar-refractivity contribution in [1.82, 2.24) is 9.97 Å². The van der Waals surface area contributed by atoms with E-state index in [9.17, 15) is 0 Å². The first kappa shape index (κ1) is 10.7. The second-order valence-electron chi connectivity index (χ2n) is 4.03. The highest BCUT2D eigenvalue weighted by Crippen LogP contribution is 2.24. The van der Waals surface area contributed by atoms with Gasteiger partial charge in [0, 0.05) is 18.3 Å². The van der Waals surface area contributed by atoms with Gasteiger partial charge in [0.15, 0.2) is 0 Å². The lowest BCUT2D eigenvalue weighted by molar-refractivity contribution is -0.584. The SMILES string of the molecule is N#Cc1ncc(C=N)c([NH2+]CC2CCC2)n1. The van der Waals surface area contributed by atoms with Gasteiger partial charge in [0.1, 0.15) is 6.07 Å². The summed E-state index contributed by atoms with van der Waals surface area (Å²) in [4.78, 5) is 7.96. The van der Waals surface area contributed by atoms with Crippen LogP contribution in [-0.4, -0.2) is 22.7 Å². The molecule has 3 N–H and O–H groups in total. The maximum atomic E-state index is 8.71. The quantitative estimate of drug-likeness (QED) is 0.711. The monoisotopic (exact) mass is 216 g/mol. The number of aromatic nitrogens is 2. The minimum Gasteiger partial charge on any atom is -0.308 e. The molecule has 1 aromatic rings.